The largest absolute Gasteiger partial charge is 0.434 e. The molecule has 2 aliphatic carbocycles. The summed E-state index contributed by atoms with van der Waals surface area (Å²) in [7, 11) is 3.50. The lowest BCUT2D eigenvalue weighted by atomic mass is 10.0. The molecule has 4 aromatic heterocycles. The van der Waals surface area contributed by atoms with Gasteiger partial charge < -0.3 is 39.0 Å². The Labute approximate surface area is 391 Å². The summed E-state index contributed by atoms with van der Waals surface area (Å²) in [5.74, 6) is -0.402. The molecule has 350 valence electrons. The number of pyridine rings is 1. The van der Waals surface area contributed by atoms with Gasteiger partial charge in [-0.05, 0) is 117 Å². The van der Waals surface area contributed by atoms with Crippen molar-refractivity contribution in [3.63, 3.8) is 0 Å². The first-order valence-corrected chi connectivity index (χ1v) is 23.3. The lowest BCUT2D eigenvalue weighted by molar-refractivity contribution is -0.130. The molecule has 68 heavy (non-hydrogen) atoms. The summed E-state index contributed by atoms with van der Waals surface area (Å²) in [6.45, 7) is 2.43. The highest BCUT2D eigenvalue weighted by molar-refractivity contribution is 5.98. The number of hydrogen-bond acceptors (Lipinski definition) is 11. The second-order valence-electron chi connectivity index (χ2n) is 18.2. The van der Waals surface area contributed by atoms with Gasteiger partial charge in [0.2, 0.25) is 29.5 Å². The van der Waals surface area contributed by atoms with E-state index in [9.17, 15) is 19.2 Å². The number of nitrogens with zero attached hydrogens (tertiary/aromatic N) is 6. The predicted octanol–water partition coefficient (Wildman–Crippen LogP) is 7.63. The summed E-state index contributed by atoms with van der Waals surface area (Å²) in [6.07, 6.45) is 9.84. The van der Waals surface area contributed by atoms with Crippen molar-refractivity contribution in [2.45, 2.75) is 101 Å². The molecular weight excluding hydrogens is 870 g/mol. The van der Waals surface area contributed by atoms with Crippen molar-refractivity contribution in [2.24, 2.45) is 0 Å². The molecule has 5 atom stereocenters. The van der Waals surface area contributed by atoms with Crippen molar-refractivity contribution in [3.8, 4) is 34.0 Å². The number of ether oxygens (including phenoxy) is 1. The van der Waals surface area contributed by atoms with Gasteiger partial charge in [-0.25, -0.2) is 9.37 Å². The molecule has 4 amide bonds. The molecule has 0 radical (unpaired) electrons. The number of halogens is 1. The molecular formula is C51H52FN9O7. The van der Waals surface area contributed by atoms with Crippen molar-refractivity contribution in [1.82, 2.24) is 45.6 Å². The normalized spacial score (nSPS) is 20.3. The van der Waals surface area contributed by atoms with Crippen molar-refractivity contribution in [2.75, 3.05) is 20.7 Å². The van der Waals surface area contributed by atoms with Crippen molar-refractivity contribution < 1.29 is 37.1 Å². The van der Waals surface area contributed by atoms with Gasteiger partial charge in [0.15, 0.2) is 11.2 Å². The fourth-order valence-electron chi connectivity index (χ4n) is 9.81. The Kier molecular flexibility index (Phi) is 12.3. The molecule has 16 nitrogen and oxygen atoms in total. The van der Waals surface area contributed by atoms with E-state index < -0.39 is 17.8 Å². The van der Waals surface area contributed by atoms with E-state index in [-0.39, 0.29) is 59.8 Å². The van der Waals surface area contributed by atoms with Crippen LogP contribution in [-0.2, 0) is 20.7 Å². The van der Waals surface area contributed by atoms with E-state index in [0.29, 0.717) is 66.4 Å². The van der Waals surface area contributed by atoms with Crippen LogP contribution in [0.3, 0.4) is 0 Å². The maximum Gasteiger partial charge on any atom is 0.256 e. The molecule has 3 aliphatic rings. The average molecular weight is 922 g/mol. The molecule has 7 aromatic rings. The molecule has 2 saturated carbocycles. The van der Waals surface area contributed by atoms with Crippen LogP contribution in [0.25, 0.3) is 56.2 Å². The molecule has 1 unspecified atom stereocenters. The summed E-state index contributed by atoms with van der Waals surface area (Å²) in [4.78, 5) is 66.9. The summed E-state index contributed by atoms with van der Waals surface area (Å²) >= 11 is 0. The van der Waals surface area contributed by atoms with Gasteiger partial charge in [0.25, 0.3) is 11.8 Å². The number of nitrogens with one attached hydrogen (secondary N) is 3. The Morgan fingerprint density at radius 3 is 2.26 bits per heavy atom. The van der Waals surface area contributed by atoms with E-state index in [1.165, 1.54) is 12.1 Å². The average Bonchev–Trinajstić information content (AvgIpc) is 4.22. The minimum atomic E-state index is -0.698. The molecule has 3 fully saturated rings. The van der Waals surface area contributed by atoms with E-state index in [1.54, 1.807) is 35.2 Å². The fourth-order valence-corrected chi connectivity index (χ4v) is 9.81. The minimum Gasteiger partial charge on any atom is -0.434 e. The van der Waals surface area contributed by atoms with Gasteiger partial charge in [-0.3, -0.25) is 19.2 Å². The Balaban J connectivity index is 0.772. The number of benzene rings is 3. The number of aromatic nitrogens is 5. The van der Waals surface area contributed by atoms with Gasteiger partial charge in [0.1, 0.15) is 11.9 Å². The summed E-state index contributed by atoms with van der Waals surface area (Å²) < 4.78 is 33.3. The number of amides is 4. The molecule has 0 bridgehead atoms. The van der Waals surface area contributed by atoms with Crippen LogP contribution in [0, 0.1) is 5.82 Å². The number of oxazole rings is 1. The van der Waals surface area contributed by atoms with Crippen LogP contribution in [0.1, 0.15) is 96.9 Å². The quantitative estimate of drug-likeness (QED) is 0.103. The third kappa shape index (κ3) is 9.09. The number of hydrogen-bond donors (Lipinski definition) is 3. The Morgan fingerprint density at radius 2 is 1.53 bits per heavy atom. The van der Waals surface area contributed by atoms with Gasteiger partial charge in [0, 0.05) is 85.7 Å². The predicted molar refractivity (Wildman–Crippen MR) is 250 cm³/mol. The number of carbonyl (C=O) groups excluding carboxylic acids is 4. The summed E-state index contributed by atoms with van der Waals surface area (Å²) in [5, 5.41) is 15.7. The number of H-pyrrole nitrogens is 1. The smallest absolute Gasteiger partial charge is 0.256 e. The molecule has 3 aromatic carbocycles. The SMILES string of the molecule is CCC(=O)N[C@H]1CC[C@@H](N(C)C(=O)c2ccc(-c3ccc4[nH]cc(-c5nnc(Cc6cnc7nc(-c8ccc(C(=O)N(C)[C@@H]9CC[C@H](NC(=O)C%10CCCO%10)C9)c(F)c8)oc7c6)o5)c4c3)cc2)C1. The van der Waals surface area contributed by atoms with Crippen LogP contribution in [-0.4, -0.2) is 110 Å². The molecule has 10 rings (SSSR count). The van der Waals surface area contributed by atoms with Crippen LogP contribution in [0.5, 0.6) is 0 Å². The lowest BCUT2D eigenvalue weighted by Crippen LogP contribution is -2.42. The molecule has 0 spiro atoms. The highest BCUT2D eigenvalue weighted by atomic mass is 19.1. The highest BCUT2D eigenvalue weighted by Crippen LogP contribution is 2.34. The van der Waals surface area contributed by atoms with E-state index in [4.69, 9.17) is 13.6 Å². The van der Waals surface area contributed by atoms with E-state index in [0.717, 1.165) is 65.3 Å². The maximum atomic E-state index is 15.6. The van der Waals surface area contributed by atoms with Crippen LogP contribution in [0.2, 0.25) is 0 Å². The Bertz CT molecular complexity index is 3030. The minimum absolute atomic E-state index is 0.0377. The first-order valence-electron chi connectivity index (χ1n) is 23.3. The monoisotopic (exact) mass is 921 g/mol. The van der Waals surface area contributed by atoms with Gasteiger partial charge in [-0.15, -0.1) is 10.2 Å². The van der Waals surface area contributed by atoms with Gasteiger partial charge in [-0.2, -0.15) is 4.98 Å². The lowest BCUT2D eigenvalue weighted by Gasteiger charge is -2.25. The zero-order chi connectivity index (χ0) is 47.1. The third-order valence-corrected chi connectivity index (χ3v) is 13.8. The van der Waals surface area contributed by atoms with Gasteiger partial charge in [0.05, 0.1) is 17.5 Å². The molecule has 17 heteroatoms. The standard InChI is InChI=1S/C51H52FN9O7/c1-4-44(62)55-33-13-15-35(24-33)60(2)50(64)30-9-7-29(8-10-30)31-12-18-41-38(22-31)39(27-53-41)49-59-58-45(68-49)21-28-20-43-46(54-26-28)57-48(67-43)32-11-17-37(40(52)23-32)51(65)61(3)36-16-14-34(25-36)56-47(63)42-6-5-19-66-42/h7-12,17-18,20,22-23,26-27,33-36,42,53H,4-6,13-16,19,21,24-25H2,1-3H3,(H,55,62)(H,56,63)/t33-,34-,35+,36+,42?/m0/s1. The second-order valence-corrected chi connectivity index (χ2v) is 18.2. The molecule has 1 aliphatic heterocycles. The third-order valence-electron chi connectivity index (χ3n) is 13.8. The maximum absolute atomic E-state index is 15.6. The van der Waals surface area contributed by atoms with Crippen molar-refractivity contribution >= 4 is 45.8 Å². The first kappa shape index (κ1) is 44.6. The van der Waals surface area contributed by atoms with E-state index >= 15 is 4.39 Å². The molecule has 1 saturated heterocycles. The Morgan fingerprint density at radius 1 is 0.794 bits per heavy atom. The topological polar surface area (TPSA) is 202 Å². The van der Waals surface area contributed by atoms with Crippen molar-refractivity contribution in [1.29, 1.82) is 0 Å². The van der Waals surface area contributed by atoms with Crippen LogP contribution < -0.4 is 10.6 Å². The Hall–Kier alpha value is -7.27. The fraction of sp³-hybridized carbons (Fsp3) is 0.373. The second kappa shape index (κ2) is 18.8. The van der Waals surface area contributed by atoms with E-state index in [1.807, 2.05) is 56.6 Å². The zero-order valence-corrected chi connectivity index (χ0v) is 38.1. The van der Waals surface area contributed by atoms with Crippen LogP contribution in [0.15, 0.2) is 88.0 Å². The molecule has 3 N–H and O–H groups in total. The number of rotatable bonds is 13. The molecule has 5 heterocycles. The number of carbonyl (C=O) groups is 4. The van der Waals surface area contributed by atoms with Crippen LogP contribution >= 0.6 is 0 Å². The highest BCUT2D eigenvalue weighted by Gasteiger charge is 2.35. The van der Waals surface area contributed by atoms with Gasteiger partial charge >= 0.3 is 0 Å². The summed E-state index contributed by atoms with van der Waals surface area (Å²) in [5.41, 5.74) is 5.86. The van der Waals surface area contributed by atoms with Crippen LogP contribution in [0.4, 0.5) is 4.39 Å². The van der Waals surface area contributed by atoms with Gasteiger partial charge in [-0.1, -0.05) is 25.1 Å². The number of fused-ring (bicyclic) bond motifs is 2. The van der Waals surface area contributed by atoms with Crippen molar-refractivity contribution in [3.05, 3.63) is 108 Å². The van der Waals surface area contributed by atoms with E-state index in [2.05, 4.69) is 41.8 Å². The number of aromatic amines is 1. The summed E-state index contributed by atoms with van der Waals surface area (Å²) in [6, 6.07) is 19.7. The zero-order valence-electron chi connectivity index (χ0n) is 38.1. The first-order chi connectivity index (χ1) is 33.0.